The van der Waals surface area contributed by atoms with Gasteiger partial charge in [0.15, 0.2) is 0 Å². The summed E-state index contributed by atoms with van der Waals surface area (Å²) < 4.78 is 7.73. The normalized spacial score (nSPS) is 20.4. The number of likely N-dealkylation sites (N-methyl/N-ethyl adjacent to an activating group) is 1. The third-order valence-corrected chi connectivity index (χ3v) is 4.30. The highest BCUT2D eigenvalue weighted by molar-refractivity contribution is 6.16. The second kappa shape index (κ2) is 5.62. The average molecular weight is 294 g/mol. The van der Waals surface area contributed by atoms with Crippen LogP contribution in [0.25, 0.3) is 11.0 Å². The van der Waals surface area contributed by atoms with Gasteiger partial charge in [0.05, 0.1) is 18.5 Å². The van der Waals surface area contributed by atoms with Crippen molar-refractivity contribution in [3.8, 4) is 5.75 Å². The zero-order valence-electron chi connectivity index (χ0n) is 12.0. The van der Waals surface area contributed by atoms with Crippen molar-refractivity contribution in [2.24, 2.45) is 0 Å². The summed E-state index contributed by atoms with van der Waals surface area (Å²) in [6, 6.07) is 6.52. The minimum Gasteiger partial charge on any atom is -0.494 e. The average Bonchev–Trinajstić information content (AvgIpc) is 2.85. The number of rotatable bonds is 3. The Kier molecular flexibility index (Phi) is 3.85. The van der Waals surface area contributed by atoms with Crippen LogP contribution in [0.4, 0.5) is 0 Å². The Hall–Kier alpha value is -1.26. The van der Waals surface area contributed by atoms with E-state index in [4.69, 9.17) is 16.3 Å². The maximum atomic E-state index is 6.12. The number of benzene rings is 1. The van der Waals surface area contributed by atoms with Crippen LogP contribution < -0.4 is 4.74 Å². The fourth-order valence-corrected chi connectivity index (χ4v) is 3.34. The number of hydrogen-bond acceptors (Lipinski definition) is 3. The van der Waals surface area contributed by atoms with Crippen LogP contribution in [0.1, 0.15) is 24.7 Å². The molecule has 108 valence electrons. The summed E-state index contributed by atoms with van der Waals surface area (Å²) in [7, 11) is 3.86. The van der Waals surface area contributed by atoms with E-state index in [2.05, 4.69) is 27.6 Å². The smallest absolute Gasteiger partial charge is 0.146 e. The highest BCUT2D eigenvalue weighted by Crippen LogP contribution is 2.32. The number of alkyl halides is 1. The first-order valence-electron chi connectivity index (χ1n) is 7.03. The summed E-state index contributed by atoms with van der Waals surface area (Å²) in [6.07, 6.45) is 2.39. The molecular formula is C15H20ClN3O. The van der Waals surface area contributed by atoms with Gasteiger partial charge >= 0.3 is 0 Å². The molecule has 3 rings (SSSR count). The Morgan fingerprint density at radius 3 is 3.00 bits per heavy atom. The standard InChI is InChI=1S/C15H20ClN3O/c1-18-8-4-5-11(10-18)19-12-6-3-7-13(20-2)15(12)17-14(19)9-16/h3,6-7,11H,4-5,8-10H2,1-2H3. The third kappa shape index (κ3) is 2.27. The molecule has 2 heterocycles. The summed E-state index contributed by atoms with van der Waals surface area (Å²) >= 11 is 6.12. The predicted molar refractivity (Wildman–Crippen MR) is 81.6 cm³/mol. The minimum atomic E-state index is 0.429. The van der Waals surface area contributed by atoms with Crippen molar-refractivity contribution < 1.29 is 4.74 Å². The molecule has 0 saturated carbocycles. The molecular weight excluding hydrogens is 274 g/mol. The Labute approximate surface area is 124 Å². The van der Waals surface area contributed by atoms with Gasteiger partial charge < -0.3 is 14.2 Å². The second-order valence-electron chi connectivity index (χ2n) is 5.42. The first-order valence-corrected chi connectivity index (χ1v) is 7.56. The molecule has 0 bridgehead atoms. The number of aromatic nitrogens is 2. The van der Waals surface area contributed by atoms with E-state index in [1.165, 1.54) is 19.4 Å². The highest BCUT2D eigenvalue weighted by atomic mass is 35.5. The summed E-state index contributed by atoms with van der Waals surface area (Å²) in [6.45, 7) is 2.22. The van der Waals surface area contributed by atoms with Crippen LogP contribution >= 0.6 is 11.6 Å². The van der Waals surface area contributed by atoms with Gasteiger partial charge in [0.2, 0.25) is 0 Å². The van der Waals surface area contributed by atoms with Crippen molar-refractivity contribution >= 4 is 22.6 Å². The van der Waals surface area contributed by atoms with E-state index in [0.717, 1.165) is 29.2 Å². The molecule has 1 aliphatic heterocycles. The number of fused-ring (bicyclic) bond motifs is 1. The van der Waals surface area contributed by atoms with Crippen LogP contribution in [0.15, 0.2) is 18.2 Å². The Morgan fingerprint density at radius 2 is 2.30 bits per heavy atom. The van der Waals surface area contributed by atoms with Crippen LogP contribution in [0, 0.1) is 0 Å². The Morgan fingerprint density at radius 1 is 1.45 bits per heavy atom. The summed E-state index contributed by atoms with van der Waals surface area (Å²) in [5, 5.41) is 0. The molecule has 20 heavy (non-hydrogen) atoms. The van der Waals surface area contributed by atoms with E-state index in [-0.39, 0.29) is 0 Å². The van der Waals surface area contributed by atoms with E-state index in [1.54, 1.807) is 7.11 Å². The van der Waals surface area contributed by atoms with Crippen LogP contribution in [-0.4, -0.2) is 41.7 Å². The fraction of sp³-hybridized carbons (Fsp3) is 0.533. The summed E-state index contributed by atoms with van der Waals surface area (Å²) in [4.78, 5) is 7.06. The zero-order valence-corrected chi connectivity index (χ0v) is 12.7. The molecule has 1 atom stereocenters. The molecule has 2 aromatic rings. The monoisotopic (exact) mass is 293 g/mol. The van der Waals surface area contributed by atoms with Crippen molar-refractivity contribution in [3.63, 3.8) is 0 Å². The van der Waals surface area contributed by atoms with Gasteiger partial charge in [-0.15, -0.1) is 11.6 Å². The quantitative estimate of drug-likeness (QED) is 0.815. The number of likely N-dealkylation sites (tertiary alicyclic amines) is 1. The third-order valence-electron chi connectivity index (χ3n) is 4.06. The zero-order chi connectivity index (χ0) is 14.1. The van der Waals surface area contributed by atoms with E-state index >= 15 is 0 Å². The first-order chi connectivity index (χ1) is 9.74. The lowest BCUT2D eigenvalue weighted by Gasteiger charge is -2.31. The topological polar surface area (TPSA) is 30.3 Å². The van der Waals surface area contributed by atoms with Crippen molar-refractivity contribution in [1.29, 1.82) is 0 Å². The molecule has 1 unspecified atom stereocenters. The summed E-state index contributed by atoms with van der Waals surface area (Å²) in [5.74, 6) is 2.18. The van der Waals surface area contributed by atoms with Crippen LogP contribution in [-0.2, 0) is 5.88 Å². The fourth-order valence-electron chi connectivity index (χ4n) is 3.16. The van der Waals surface area contributed by atoms with Crippen LogP contribution in [0.5, 0.6) is 5.75 Å². The first kappa shape index (κ1) is 13.7. The summed E-state index contributed by atoms with van der Waals surface area (Å²) in [5.41, 5.74) is 2.04. The van der Waals surface area contributed by atoms with E-state index in [0.29, 0.717) is 11.9 Å². The molecule has 0 radical (unpaired) electrons. The van der Waals surface area contributed by atoms with E-state index in [9.17, 15) is 0 Å². The highest BCUT2D eigenvalue weighted by Gasteiger charge is 2.24. The van der Waals surface area contributed by atoms with Crippen molar-refractivity contribution in [2.75, 3.05) is 27.2 Å². The maximum absolute atomic E-state index is 6.12. The van der Waals surface area contributed by atoms with Gasteiger partial charge in [0, 0.05) is 12.6 Å². The molecule has 0 amide bonds. The lowest BCUT2D eigenvalue weighted by atomic mass is 10.1. The Bertz CT molecular complexity index is 610. The van der Waals surface area contributed by atoms with Crippen molar-refractivity contribution in [2.45, 2.75) is 24.8 Å². The predicted octanol–water partition coefficient (Wildman–Crippen LogP) is 3.05. The molecule has 0 aliphatic carbocycles. The van der Waals surface area contributed by atoms with Gasteiger partial charge in [-0.05, 0) is 38.6 Å². The molecule has 1 aliphatic rings. The van der Waals surface area contributed by atoms with Crippen molar-refractivity contribution in [1.82, 2.24) is 14.5 Å². The number of ether oxygens (including phenoxy) is 1. The van der Waals surface area contributed by atoms with Gasteiger partial charge in [-0.1, -0.05) is 6.07 Å². The number of halogens is 1. The van der Waals surface area contributed by atoms with Gasteiger partial charge in [-0.3, -0.25) is 0 Å². The molecule has 5 heteroatoms. The number of imidazole rings is 1. The minimum absolute atomic E-state index is 0.429. The lowest BCUT2D eigenvalue weighted by molar-refractivity contribution is 0.213. The SMILES string of the molecule is COc1cccc2c1nc(CCl)n2C1CCCN(C)C1. The maximum Gasteiger partial charge on any atom is 0.146 e. The molecule has 1 aromatic heterocycles. The molecule has 1 fully saturated rings. The molecule has 1 saturated heterocycles. The molecule has 0 N–H and O–H groups in total. The number of methoxy groups -OCH3 is 1. The van der Waals surface area contributed by atoms with Crippen molar-refractivity contribution in [3.05, 3.63) is 24.0 Å². The van der Waals surface area contributed by atoms with Gasteiger partial charge in [-0.2, -0.15) is 0 Å². The van der Waals surface area contributed by atoms with Crippen LogP contribution in [0.3, 0.4) is 0 Å². The lowest BCUT2D eigenvalue weighted by Crippen LogP contribution is -2.34. The van der Waals surface area contributed by atoms with E-state index < -0.39 is 0 Å². The van der Waals surface area contributed by atoms with Crippen LogP contribution in [0.2, 0.25) is 0 Å². The number of nitrogens with zero attached hydrogens (tertiary/aromatic N) is 3. The van der Waals surface area contributed by atoms with E-state index in [1.807, 2.05) is 12.1 Å². The Balaban J connectivity index is 2.13. The number of piperidine rings is 1. The van der Waals surface area contributed by atoms with Gasteiger partial charge in [0.1, 0.15) is 17.1 Å². The number of para-hydroxylation sites is 1. The number of hydrogen-bond donors (Lipinski definition) is 0. The van der Waals surface area contributed by atoms with Gasteiger partial charge in [0.25, 0.3) is 0 Å². The van der Waals surface area contributed by atoms with Gasteiger partial charge in [-0.25, -0.2) is 4.98 Å². The molecule has 4 nitrogen and oxygen atoms in total. The molecule has 1 aromatic carbocycles. The largest absolute Gasteiger partial charge is 0.494 e. The second-order valence-corrected chi connectivity index (χ2v) is 5.69. The molecule has 0 spiro atoms.